The SMILES string of the molecule is Cc1cnc2c(S(=O)(=O)N[C@H](CC(C)C)C(=O)O)cccc2c1. The van der Waals surface area contributed by atoms with E-state index < -0.39 is 22.0 Å². The predicted octanol–water partition coefficient (Wildman–Crippen LogP) is 2.32. The van der Waals surface area contributed by atoms with Crippen molar-refractivity contribution in [1.82, 2.24) is 9.71 Å². The Bertz CT molecular complexity index is 831. The highest BCUT2D eigenvalue weighted by Gasteiger charge is 2.27. The van der Waals surface area contributed by atoms with E-state index in [4.69, 9.17) is 0 Å². The second-order valence-corrected chi connectivity index (χ2v) is 7.66. The Kier molecular flexibility index (Phi) is 5.01. The minimum absolute atomic E-state index is 0.00925. The Morgan fingerprint density at radius 1 is 1.35 bits per heavy atom. The van der Waals surface area contributed by atoms with Crippen LogP contribution < -0.4 is 4.72 Å². The number of aryl methyl sites for hydroxylation is 1. The fourth-order valence-corrected chi connectivity index (χ4v) is 3.76. The number of pyridine rings is 1. The number of nitrogens with zero attached hydrogens (tertiary/aromatic N) is 1. The molecule has 124 valence electrons. The van der Waals surface area contributed by atoms with Crippen LogP contribution in [0.4, 0.5) is 0 Å². The summed E-state index contributed by atoms with van der Waals surface area (Å²) in [6.45, 7) is 5.55. The Morgan fingerprint density at radius 3 is 2.65 bits per heavy atom. The van der Waals surface area contributed by atoms with Crippen molar-refractivity contribution >= 4 is 26.9 Å². The zero-order valence-corrected chi connectivity index (χ0v) is 14.1. The summed E-state index contributed by atoms with van der Waals surface area (Å²) in [5.74, 6) is -1.14. The molecule has 0 saturated heterocycles. The van der Waals surface area contributed by atoms with Crippen LogP contribution in [0.15, 0.2) is 35.4 Å². The molecule has 1 aromatic heterocycles. The van der Waals surface area contributed by atoms with Crippen molar-refractivity contribution in [1.29, 1.82) is 0 Å². The number of aromatic nitrogens is 1. The molecule has 0 aliphatic rings. The Hall–Kier alpha value is -1.99. The lowest BCUT2D eigenvalue weighted by molar-refractivity contribution is -0.139. The molecule has 0 fully saturated rings. The highest BCUT2D eigenvalue weighted by atomic mass is 32.2. The van der Waals surface area contributed by atoms with Gasteiger partial charge in [-0.15, -0.1) is 0 Å². The number of nitrogens with one attached hydrogen (secondary N) is 1. The summed E-state index contributed by atoms with van der Waals surface area (Å²) in [7, 11) is -3.98. The van der Waals surface area contributed by atoms with Gasteiger partial charge < -0.3 is 5.11 Å². The maximum Gasteiger partial charge on any atom is 0.321 e. The standard InChI is InChI=1S/C16H20N2O4S/c1-10(2)7-13(16(19)20)18-23(21,22)14-6-4-5-12-8-11(3)9-17-15(12)14/h4-6,8-10,13,18H,7H2,1-3H3,(H,19,20)/t13-/m1/s1. The van der Waals surface area contributed by atoms with E-state index in [9.17, 15) is 18.3 Å². The van der Waals surface area contributed by atoms with Gasteiger partial charge in [0.2, 0.25) is 10.0 Å². The quantitative estimate of drug-likeness (QED) is 0.844. The predicted molar refractivity (Wildman–Crippen MR) is 87.7 cm³/mol. The van der Waals surface area contributed by atoms with Gasteiger partial charge in [0.15, 0.2) is 0 Å². The van der Waals surface area contributed by atoms with Crippen LogP contribution in [-0.4, -0.2) is 30.5 Å². The van der Waals surface area contributed by atoms with Gasteiger partial charge in [-0.2, -0.15) is 4.72 Å². The molecule has 2 N–H and O–H groups in total. The molecule has 7 heteroatoms. The summed E-state index contributed by atoms with van der Waals surface area (Å²) in [6, 6.07) is 5.50. The molecule has 0 radical (unpaired) electrons. The summed E-state index contributed by atoms with van der Waals surface area (Å²) in [5.41, 5.74) is 1.25. The molecule has 0 bridgehead atoms. The van der Waals surface area contributed by atoms with Crippen LogP contribution in [0.25, 0.3) is 10.9 Å². The van der Waals surface area contributed by atoms with E-state index >= 15 is 0 Å². The first-order valence-electron chi connectivity index (χ1n) is 7.31. The number of benzene rings is 1. The molecule has 0 unspecified atom stereocenters. The van der Waals surface area contributed by atoms with Gasteiger partial charge in [-0.1, -0.05) is 26.0 Å². The zero-order valence-electron chi connectivity index (χ0n) is 13.3. The minimum Gasteiger partial charge on any atom is -0.480 e. The van der Waals surface area contributed by atoms with Crippen LogP contribution >= 0.6 is 0 Å². The Labute approximate surface area is 135 Å². The highest BCUT2D eigenvalue weighted by Crippen LogP contribution is 2.22. The minimum atomic E-state index is -3.98. The smallest absolute Gasteiger partial charge is 0.321 e. The number of aliphatic carboxylic acids is 1. The fourth-order valence-electron chi connectivity index (χ4n) is 2.38. The molecule has 0 aliphatic heterocycles. The van der Waals surface area contributed by atoms with Gasteiger partial charge in [-0.3, -0.25) is 9.78 Å². The molecule has 0 amide bonds. The monoisotopic (exact) mass is 336 g/mol. The highest BCUT2D eigenvalue weighted by molar-refractivity contribution is 7.89. The Balaban J connectivity index is 2.45. The van der Waals surface area contributed by atoms with Crippen molar-refractivity contribution in [2.75, 3.05) is 0 Å². The topological polar surface area (TPSA) is 96.4 Å². The largest absolute Gasteiger partial charge is 0.480 e. The molecule has 0 aliphatic carbocycles. The van der Waals surface area contributed by atoms with E-state index in [-0.39, 0.29) is 17.2 Å². The summed E-state index contributed by atoms with van der Waals surface area (Å²) in [5, 5.41) is 9.94. The number of para-hydroxylation sites is 1. The van der Waals surface area contributed by atoms with Crippen molar-refractivity contribution in [2.24, 2.45) is 5.92 Å². The average Bonchev–Trinajstić information content (AvgIpc) is 2.44. The van der Waals surface area contributed by atoms with E-state index in [0.29, 0.717) is 10.9 Å². The van der Waals surface area contributed by atoms with Crippen LogP contribution in [0, 0.1) is 12.8 Å². The summed E-state index contributed by atoms with van der Waals surface area (Å²) in [4.78, 5) is 15.5. The van der Waals surface area contributed by atoms with Gasteiger partial charge in [0, 0.05) is 11.6 Å². The van der Waals surface area contributed by atoms with Crippen LogP contribution in [0.2, 0.25) is 0 Å². The van der Waals surface area contributed by atoms with Gasteiger partial charge in [0.05, 0.1) is 5.52 Å². The van der Waals surface area contributed by atoms with E-state index in [1.54, 1.807) is 18.3 Å². The molecule has 2 rings (SSSR count). The zero-order chi connectivity index (χ0) is 17.2. The molecule has 6 nitrogen and oxygen atoms in total. The lowest BCUT2D eigenvalue weighted by atomic mass is 10.1. The normalized spacial score (nSPS) is 13.4. The van der Waals surface area contributed by atoms with E-state index in [1.165, 1.54) is 6.07 Å². The lowest BCUT2D eigenvalue weighted by Gasteiger charge is -2.17. The molecule has 0 spiro atoms. The third-order valence-electron chi connectivity index (χ3n) is 3.40. The van der Waals surface area contributed by atoms with Crippen LogP contribution in [0.5, 0.6) is 0 Å². The van der Waals surface area contributed by atoms with Crippen LogP contribution in [0.3, 0.4) is 0 Å². The molecular formula is C16H20N2O4S. The van der Waals surface area contributed by atoms with Gasteiger partial charge in [0.1, 0.15) is 10.9 Å². The number of carboxylic acids is 1. The second-order valence-electron chi connectivity index (χ2n) is 5.98. The van der Waals surface area contributed by atoms with E-state index in [2.05, 4.69) is 9.71 Å². The third-order valence-corrected chi connectivity index (χ3v) is 4.91. The number of rotatable bonds is 6. The summed E-state index contributed by atoms with van der Waals surface area (Å²) >= 11 is 0. The van der Waals surface area contributed by atoms with Gasteiger partial charge in [0.25, 0.3) is 0 Å². The molecule has 1 atom stereocenters. The maximum atomic E-state index is 12.6. The van der Waals surface area contributed by atoms with Crippen molar-refractivity contribution in [3.8, 4) is 0 Å². The number of hydrogen-bond donors (Lipinski definition) is 2. The molecular weight excluding hydrogens is 316 g/mol. The molecule has 23 heavy (non-hydrogen) atoms. The van der Waals surface area contributed by atoms with Crippen molar-refractivity contribution in [2.45, 2.75) is 38.1 Å². The van der Waals surface area contributed by atoms with Crippen molar-refractivity contribution in [3.63, 3.8) is 0 Å². The maximum absolute atomic E-state index is 12.6. The first-order chi connectivity index (χ1) is 10.7. The molecule has 2 aromatic rings. The summed E-state index contributed by atoms with van der Waals surface area (Å²) in [6.07, 6.45) is 1.80. The van der Waals surface area contributed by atoms with Gasteiger partial charge in [-0.25, -0.2) is 8.42 Å². The van der Waals surface area contributed by atoms with E-state index in [1.807, 2.05) is 26.8 Å². The Morgan fingerprint density at radius 2 is 2.04 bits per heavy atom. The number of hydrogen-bond acceptors (Lipinski definition) is 4. The van der Waals surface area contributed by atoms with Crippen molar-refractivity contribution < 1.29 is 18.3 Å². The number of carbonyl (C=O) groups is 1. The number of sulfonamides is 1. The van der Waals surface area contributed by atoms with Crippen LogP contribution in [0.1, 0.15) is 25.8 Å². The fraction of sp³-hybridized carbons (Fsp3) is 0.375. The van der Waals surface area contributed by atoms with E-state index in [0.717, 1.165) is 5.56 Å². The number of carboxylic acid groups (broad SMARTS) is 1. The number of fused-ring (bicyclic) bond motifs is 1. The average molecular weight is 336 g/mol. The molecule has 1 heterocycles. The lowest BCUT2D eigenvalue weighted by Crippen LogP contribution is -2.41. The van der Waals surface area contributed by atoms with Crippen LogP contribution in [-0.2, 0) is 14.8 Å². The second kappa shape index (κ2) is 6.64. The van der Waals surface area contributed by atoms with Crippen molar-refractivity contribution in [3.05, 3.63) is 36.0 Å². The third kappa shape index (κ3) is 4.05. The summed E-state index contributed by atoms with van der Waals surface area (Å²) < 4.78 is 27.5. The van der Waals surface area contributed by atoms with Gasteiger partial charge in [-0.05, 0) is 37.0 Å². The molecule has 1 aromatic carbocycles. The first-order valence-corrected chi connectivity index (χ1v) is 8.79. The first kappa shape index (κ1) is 17.4. The van der Waals surface area contributed by atoms with Gasteiger partial charge >= 0.3 is 5.97 Å². The molecule has 0 saturated carbocycles.